The van der Waals surface area contributed by atoms with Crippen LogP contribution in [0.15, 0.2) is 29.3 Å². The van der Waals surface area contributed by atoms with Gasteiger partial charge >= 0.3 is 0 Å². The van der Waals surface area contributed by atoms with Crippen LogP contribution in [-0.2, 0) is 11.3 Å². The van der Waals surface area contributed by atoms with E-state index in [-0.39, 0.29) is 0 Å². The third kappa shape index (κ3) is 6.10. The molecular formula is C14H23N3O2. The largest absolute Gasteiger partial charge is 0.497 e. The number of benzene rings is 1. The lowest BCUT2D eigenvalue weighted by molar-refractivity contribution is 0.203. The smallest absolute Gasteiger partial charge is 0.191 e. The Hall–Kier alpha value is -1.75. The molecule has 2 N–H and O–H groups in total. The SMILES string of the molecule is CCNC(=NCc1ccc(OC)cc1)NCCOC. The Morgan fingerprint density at radius 3 is 2.47 bits per heavy atom. The zero-order valence-corrected chi connectivity index (χ0v) is 11.9. The molecule has 0 radical (unpaired) electrons. The Morgan fingerprint density at radius 2 is 1.89 bits per heavy atom. The lowest BCUT2D eigenvalue weighted by Gasteiger charge is -2.10. The van der Waals surface area contributed by atoms with Gasteiger partial charge in [-0.1, -0.05) is 12.1 Å². The summed E-state index contributed by atoms with van der Waals surface area (Å²) in [5, 5.41) is 6.40. The first-order valence-electron chi connectivity index (χ1n) is 6.44. The fourth-order valence-electron chi connectivity index (χ4n) is 1.51. The van der Waals surface area contributed by atoms with Gasteiger partial charge in [0.05, 0.1) is 20.3 Å². The second-order valence-corrected chi connectivity index (χ2v) is 3.96. The Labute approximate surface area is 115 Å². The fourth-order valence-corrected chi connectivity index (χ4v) is 1.51. The number of guanidine groups is 1. The highest BCUT2D eigenvalue weighted by Gasteiger charge is 1.97. The van der Waals surface area contributed by atoms with Crippen LogP contribution in [0.3, 0.4) is 0 Å². The van der Waals surface area contributed by atoms with Gasteiger partial charge in [0.2, 0.25) is 0 Å². The minimum absolute atomic E-state index is 0.631. The third-order valence-corrected chi connectivity index (χ3v) is 2.52. The van der Waals surface area contributed by atoms with E-state index in [0.29, 0.717) is 13.2 Å². The molecule has 19 heavy (non-hydrogen) atoms. The number of hydrogen-bond donors (Lipinski definition) is 2. The van der Waals surface area contributed by atoms with Gasteiger partial charge in [-0.05, 0) is 24.6 Å². The van der Waals surface area contributed by atoms with E-state index in [9.17, 15) is 0 Å². The maximum Gasteiger partial charge on any atom is 0.191 e. The summed E-state index contributed by atoms with van der Waals surface area (Å²) < 4.78 is 10.1. The van der Waals surface area contributed by atoms with Crippen molar-refractivity contribution in [1.82, 2.24) is 10.6 Å². The number of aliphatic imine (C=N–C) groups is 1. The summed E-state index contributed by atoms with van der Waals surface area (Å²) in [6.07, 6.45) is 0. The highest BCUT2D eigenvalue weighted by molar-refractivity contribution is 5.79. The average molecular weight is 265 g/mol. The van der Waals surface area contributed by atoms with Crippen LogP contribution in [-0.4, -0.2) is 39.9 Å². The van der Waals surface area contributed by atoms with Gasteiger partial charge in [-0.2, -0.15) is 0 Å². The molecule has 1 rings (SSSR count). The molecule has 0 amide bonds. The summed E-state index contributed by atoms with van der Waals surface area (Å²) in [5.41, 5.74) is 1.14. The van der Waals surface area contributed by atoms with Crippen molar-refractivity contribution in [3.05, 3.63) is 29.8 Å². The molecule has 0 aromatic heterocycles. The number of nitrogens with one attached hydrogen (secondary N) is 2. The van der Waals surface area contributed by atoms with Crippen molar-refractivity contribution >= 4 is 5.96 Å². The second-order valence-electron chi connectivity index (χ2n) is 3.96. The van der Waals surface area contributed by atoms with Crippen LogP contribution < -0.4 is 15.4 Å². The number of hydrogen-bond acceptors (Lipinski definition) is 3. The normalized spacial score (nSPS) is 11.2. The van der Waals surface area contributed by atoms with E-state index in [1.165, 1.54) is 0 Å². The molecule has 5 heteroatoms. The number of nitrogens with zero attached hydrogens (tertiary/aromatic N) is 1. The predicted molar refractivity (Wildman–Crippen MR) is 77.7 cm³/mol. The van der Waals surface area contributed by atoms with Crippen molar-refractivity contribution in [2.75, 3.05) is 33.9 Å². The topological polar surface area (TPSA) is 54.9 Å². The second kappa shape index (κ2) is 9.22. The molecule has 0 fully saturated rings. The van der Waals surface area contributed by atoms with Crippen LogP contribution in [0.4, 0.5) is 0 Å². The molecule has 5 nitrogen and oxygen atoms in total. The Kier molecular flexibility index (Phi) is 7.43. The minimum Gasteiger partial charge on any atom is -0.497 e. The zero-order chi connectivity index (χ0) is 13.9. The Morgan fingerprint density at radius 1 is 1.16 bits per heavy atom. The first-order chi connectivity index (χ1) is 9.30. The molecule has 0 atom stereocenters. The van der Waals surface area contributed by atoms with Gasteiger partial charge in [-0.25, -0.2) is 4.99 Å². The summed E-state index contributed by atoms with van der Waals surface area (Å²) in [7, 11) is 3.35. The third-order valence-electron chi connectivity index (χ3n) is 2.52. The highest BCUT2D eigenvalue weighted by Crippen LogP contribution is 2.11. The lowest BCUT2D eigenvalue weighted by atomic mass is 10.2. The predicted octanol–water partition coefficient (Wildman–Crippen LogP) is 1.40. The van der Waals surface area contributed by atoms with Crippen LogP contribution in [0.25, 0.3) is 0 Å². The van der Waals surface area contributed by atoms with E-state index in [1.807, 2.05) is 31.2 Å². The molecule has 0 aliphatic carbocycles. The molecule has 1 aromatic carbocycles. The minimum atomic E-state index is 0.631. The molecular weight excluding hydrogens is 242 g/mol. The van der Waals surface area contributed by atoms with E-state index in [1.54, 1.807) is 14.2 Å². The van der Waals surface area contributed by atoms with Crippen LogP contribution in [0.5, 0.6) is 5.75 Å². The molecule has 106 valence electrons. The van der Waals surface area contributed by atoms with Crippen LogP contribution >= 0.6 is 0 Å². The van der Waals surface area contributed by atoms with Crippen molar-refractivity contribution in [3.8, 4) is 5.75 Å². The molecule has 0 saturated carbocycles. The van der Waals surface area contributed by atoms with Crippen LogP contribution in [0, 0.1) is 0 Å². The van der Waals surface area contributed by atoms with E-state index in [0.717, 1.165) is 30.4 Å². The quantitative estimate of drug-likeness (QED) is 0.444. The van der Waals surface area contributed by atoms with Gasteiger partial charge in [-0.15, -0.1) is 0 Å². The molecule has 0 aliphatic rings. The summed E-state index contributed by atoms with van der Waals surface area (Å²) in [5.74, 6) is 1.66. The van der Waals surface area contributed by atoms with Crippen LogP contribution in [0.1, 0.15) is 12.5 Å². The highest BCUT2D eigenvalue weighted by atomic mass is 16.5. The number of ether oxygens (including phenoxy) is 2. The summed E-state index contributed by atoms with van der Waals surface area (Å²) in [4.78, 5) is 4.51. The van der Waals surface area contributed by atoms with Crippen molar-refractivity contribution in [1.29, 1.82) is 0 Å². The molecule has 1 aromatic rings. The van der Waals surface area contributed by atoms with Crippen LogP contribution in [0.2, 0.25) is 0 Å². The van der Waals surface area contributed by atoms with Gasteiger partial charge < -0.3 is 20.1 Å². The van der Waals surface area contributed by atoms with E-state index < -0.39 is 0 Å². The molecule has 0 saturated heterocycles. The Bertz CT molecular complexity index is 377. The van der Waals surface area contributed by atoms with Crippen molar-refractivity contribution < 1.29 is 9.47 Å². The number of methoxy groups -OCH3 is 2. The first kappa shape index (κ1) is 15.3. The lowest BCUT2D eigenvalue weighted by Crippen LogP contribution is -2.38. The van der Waals surface area contributed by atoms with Gasteiger partial charge in [0.1, 0.15) is 5.75 Å². The summed E-state index contributed by atoms with van der Waals surface area (Å²) in [6.45, 7) is 4.91. The summed E-state index contributed by atoms with van der Waals surface area (Å²) in [6, 6.07) is 7.91. The molecule has 0 heterocycles. The van der Waals surface area contributed by atoms with E-state index >= 15 is 0 Å². The summed E-state index contributed by atoms with van der Waals surface area (Å²) >= 11 is 0. The molecule has 0 spiro atoms. The maximum absolute atomic E-state index is 5.12. The van der Waals surface area contributed by atoms with Crippen molar-refractivity contribution in [3.63, 3.8) is 0 Å². The fraction of sp³-hybridized carbons (Fsp3) is 0.500. The number of rotatable bonds is 7. The maximum atomic E-state index is 5.12. The van der Waals surface area contributed by atoms with Gasteiger partial charge in [0.15, 0.2) is 5.96 Å². The standard InChI is InChI=1S/C14H23N3O2/c1-4-15-14(16-9-10-18-2)17-11-12-5-7-13(19-3)8-6-12/h5-8H,4,9-11H2,1-3H3,(H2,15,16,17). The zero-order valence-electron chi connectivity index (χ0n) is 11.9. The van der Waals surface area contributed by atoms with E-state index in [2.05, 4.69) is 15.6 Å². The monoisotopic (exact) mass is 265 g/mol. The Balaban J connectivity index is 2.52. The van der Waals surface area contributed by atoms with Gasteiger partial charge in [-0.3, -0.25) is 0 Å². The van der Waals surface area contributed by atoms with Crippen molar-refractivity contribution in [2.45, 2.75) is 13.5 Å². The first-order valence-corrected chi connectivity index (χ1v) is 6.44. The molecule has 0 aliphatic heterocycles. The average Bonchev–Trinajstić information content (AvgIpc) is 2.45. The molecule has 0 bridgehead atoms. The van der Waals surface area contributed by atoms with Gasteiger partial charge in [0.25, 0.3) is 0 Å². The van der Waals surface area contributed by atoms with E-state index in [4.69, 9.17) is 9.47 Å². The van der Waals surface area contributed by atoms with Gasteiger partial charge in [0, 0.05) is 20.2 Å². The van der Waals surface area contributed by atoms with Crippen molar-refractivity contribution in [2.24, 2.45) is 4.99 Å². The molecule has 0 unspecified atom stereocenters.